The smallest absolute Gasteiger partial charge is 0.139 e. The van der Waals surface area contributed by atoms with E-state index >= 15 is 0 Å². The number of fused-ring (bicyclic) bond motifs is 1. The molecule has 1 aromatic heterocycles. The van der Waals surface area contributed by atoms with Crippen molar-refractivity contribution in [2.45, 2.75) is 38.6 Å². The minimum Gasteiger partial charge on any atom is -0.354 e. The minimum atomic E-state index is 0.252. The average molecular weight is 270 g/mol. The third kappa shape index (κ3) is 2.48. The van der Waals surface area contributed by atoms with Crippen LogP contribution in [0.25, 0.3) is 10.9 Å². The van der Waals surface area contributed by atoms with Gasteiger partial charge in [0.15, 0.2) is 0 Å². The average Bonchev–Trinajstić information content (AvgIpc) is 2.46. The second-order valence-corrected chi connectivity index (χ2v) is 5.98. The number of hydrogen-bond acceptors (Lipinski definition) is 4. The maximum Gasteiger partial charge on any atom is 0.139 e. The number of hydrogen-bond donors (Lipinski definition) is 1. The number of nitrogens with zero attached hydrogens (tertiary/aromatic N) is 3. The highest BCUT2D eigenvalue weighted by atomic mass is 15.2. The molecule has 0 bridgehead atoms. The summed E-state index contributed by atoms with van der Waals surface area (Å²) >= 11 is 0. The van der Waals surface area contributed by atoms with Crippen LogP contribution >= 0.6 is 0 Å². The van der Waals surface area contributed by atoms with E-state index in [4.69, 9.17) is 5.73 Å². The third-order valence-electron chi connectivity index (χ3n) is 4.06. The Hall–Kier alpha value is -1.68. The van der Waals surface area contributed by atoms with E-state index in [-0.39, 0.29) is 6.04 Å². The fourth-order valence-corrected chi connectivity index (χ4v) is 2.87. The molecule has 1 unspecified atom stereocenters. The van der Waals surface area contributed by atoms with E-state index in [2.05, 4.69) is 46.9 Å². The predicted molar refractivity (Wildman–Crippen MR) is 83.0 cm³/mol. The van der Waals surface area contributed by atoms with Crippen molar-refractivity contribution < 1.29 is 0 Å². The summed E-state index contributed by atoms with van der Waals surface area (Å²) in [5, 5.41) is 1.15. The SMILES string of the molecule is CC(C)c1ccc2ncnc(N3CCCC(N)C3)c2c1. The van der Waals surface area contributed by atoms with Crippen molar-refractivity contribution in [2.75, 3.05) is 18.0 Å². The standard InChI is InChI=1S/C16H22N4/c1-11(2)12-5-6-15-14(8-12)16(19-10-18-15)20-7-3-4-13(17)9-20/h5-6,8,10-11,13H,3-4,7,9,17H2,1-2H3. The number of piperidine rings is 1. The summed E-state index contributed by atoms with van der Waals surface area (Å²) in [6.07, 6.45) is 3.90. The van der Waals surface area contributed by atoms with Crippen LogP contribution in [0, 0.1) is 0 Å². The number of benzene rings is 1. The van der Waals surface area contributed by atoms with Crippen LogP contribution in [0.2, 0.25) is 0 Å². The van der Waals surface area contributed by atoms with Crippen molar-refractivity contribution in [3.63, 3.8) is 0 Å². The van der Waals surface area contributed by atoms with Crippen molar-refractivity contribution in [3.05, 3.63) is 30.1 Å². The zero-order valence-electron chi connectivity index (χ0n) is 12.2. The number of anilines is 1. The zero-order valence-corrected chi connectivity index (χ0v) is 12.2. The predicted octanol–water partition coefficient (Wildman–Crippen LogP) is 2.68. The van der Waals surface area contributed by atoms with Gasteiger partial charge >= 0.3 is 0 Å². The van der Waals surface area contributed by atoms with Crippen LogP contribution in [0.5, 0.6) is 0 Å². The molecule has 0 aliphatic carbocycles. The highest BCUT2D eigenvalue weighted by molar-refractivity contribution is 5.90. The molecule has 2 heterocycles. The second-order valence-electron chi connectivity index (χ2n) is 5.98. The van der Waals surface area contributed by atoms with Gasteiger partial charge in [-0.25, -0.2) is 9.97 Å². The molecular weight excluding hydrogens is 248 g/mol. The maximum absolute atomic E-state index is 6.10. The van der Waals surface area contributed by atoms with Crippen molar-refractivity contribution >= 4 is 16.7 Å². The summed E-state index contributed by atoms with van der Waals surface area (Å²) < 4.78 is 0. The van der Waals surface area contributed by atoms with Crippen molar-refractivity contribution in [3.8, 4) is 0 Å². The molecule has 0 spiro atoms. The van der Waals surface area contributed by atoms with Crippen LogP contribution < -0.4 is 10.6 Å². The van der Waals surface area contributed by atoms with E-state index in [9.17, 15) is 0 Å². The normalized spacial score (nSPS) is 19.8. The lowest BCUT2D eigenvalue weighted by Gasteiger charge is -2.32. The van der Waals surface area contributed by atoms with Gasteiger partial charge in [0.05, 0.1) is 5.52 Å². The molecule has 2 N–H and O–H groups in total. The summed E-state index contributed by atoms with van der Waals surface area (Å²) in [4.78, 5) is 11.2. The van der Waals surface area contributed by atoms with Gasteiger partial charge in [0.1, 0.15) is 12.1 Å². The Morgan fingerprint density at radius 2 is 2.15 bits per heavy atom. The Balaban J connectivity index is 2.07. The first-order valence-electron chi connectivity index (χ1n) is 7.40. The third-order valence-corrected chi connectivity index (χ3v) is 4.06. The maximum atomic E-state index is 6.10. The van der Waals surface area contributed by atoms with Crippen LogP contribution in [0.1, 0.15) is 38.2 Å². The number of nitrogens with two attached hydrogens (primary N) is 1. The van der Waals surface area contributed by atoms with E-state index < -0.39 is 0 Å². The number of rotatable bonds is 2. The van der Waals surface area contributed by atoms with Crippen LogP contribution in [0.15, 0.2) is 24.5 Å². The molecule has 0 amide bonds. The van der Waals surface area contributed by atoms with Crippen molar-refractivity contribution in [1.29, 1.82) is 0 Å². The lowest BCUT2D eigenvalue weighted by Crippen LogP contribution is -2.43. The van der Waals surface area contributed by atoms with Gasteiger partial charge in [-0.2, -0.15) is 0 Å². The van der Waals surface area contributed by atoms with E-state index in [0.29, 0.717) is 5.92 Å². The first-order chi connectivity index (χ1) is 9.65. The summed E-state index contributed by atoms with van der Waals surface area (Å²) in [7, 11) is 0. The van der Waals surface area contributed by atoms with Crippen LogP contribution in [-0.2, 0) is 0 Å². The molecule has 1 aliphatic heterocycles. The molecular formula is C16H22N4. The number of aromatic nitrogens is 2. The molecule has 1 atom stereocenters. The Morgan fingerprint density at radius 1 is 1.30 bits per heavy atom. The molecule has 1 aliphatic rings. The van der Waals surface area contributed by atoms with Gasteiger partial charge in [-0.1, -0.05) is 19.9 Å². The largest absolute Gasteiger partial charge is 0.354 e. The van der Waals surface area contributed by atoms with E-state index in [1.54, 1.807) is 6.33 Å². The van der Waals surface area contributed by atoms with Crippen LogP contribution in [0.4, 0.5) is 5.82 Å². The molecule has 4 heteroatoms. The summed E-state index contributed by atoms with van der Waals surface area (Å²) in [6, 6.07) is 6.74. The van der Waals surface area contributed by atoms with Gasteiger partial charge in [0, 0.05) is 24.5 Å². The second kappa shape index (κ2) is 5.37. The molecule has 1 aromatic carbocycles. The summed E-state index contributed by atoms with van der Waals surface area (Å²) in [5.74, 6) is 1.55. The zero-order chi connectivity index (χ0) is 14.1. The molecule has 2 aromatic rings. The Bertz CT molecular complexity index is 608. The Kier molecular flexibility index (Phi) is 3.57. The summed E-state index contributed by atoms with van der Waals surface area (Å²) in [5.41, 5.74) is 8.44. The van der Waals surface area contributed by atoms with Gasteiger partial charge in [0.2, 0.25) is 0 Å². The van der Waals surface area contributed by atoms with Gasteiger partial charge in [-0.3, -0.25) is 0 Å². The van der Waals surface area contributed by atoms with E-state index in [1.807, 2.05) is 0 Å². The molecule has 20 heavy (non-hydrogen) atoms. The van der Waals surface area contributed by atoms with Crippen LogP contribution in [0.3, 0.4) is 0 Å². The molecule has 0 saturated carbocycles. The highest BCUT2D eigenvalue weighted by Gasteiger charge is 2.20. The van der Waals surface area contributed by atoms with E-state index in [0.717, 1.165) is 42.7 Å². The minimum absolute atomic E-state index is 0.252. The monoisotopic (exact) mass is 270 g/mol. The Labute approximate surface area is 120 Å². The fraction of sp³-hybridized carbons (Fsp3) is 0.500. The van der Waals surface area contributed by atoms with Crippen LogP contribution in [-0.4, -0.2) is 29.1 Å². The fourth-order valence-electron chi connectivity index (χ4n) is 2.87. The van der Waals surface area contributed by atoms with Gasteiger partial charge in [-0.05, 0) is 36.5 Å². The molecule has 3 rings (SSSR count). The summed E-state index contributed by atoms with van der Waals surface area (Å²) in [6.45, 7) is 6.34. The molecule has 106 valence electrons. The first-order valence-corrected chi connectivity index (χ1v) is 7.40. The molecule has 0 radical (unpaired) electrons. The van der Waals surface area contributed by atoms with E-state index in [1.165, 1.54) is 5.56 Å². The van der Waals surface area contributed by atoms with Gasteiger partial charge in [-0.15, -0.1) is 0 Å². The van der Waals surface area contributed by atoms with Crippen molar-refractivity contribution in [1.82, 2.24) is 9.97 Å². The highest BCUT2D eigenvalue weighted by Crippen LogP contribution is 2.28. The Morgan fingerprint density at radius 3 is 2.90 bits per heavy atom. The van der Waals surface area contributed by atoms with Gasteiger partial charge < -0.3 is 10.6 Å². The molecule has 4 nitrogen and oxygen atoms in total. The lowest BCUT2D eigenvalue weighted by atomic mass is 10.0. The quantitative estimate of drug-likeness (QED) is 0.911. The topological polar surface area (TPSA) is 55.0 Å². The lowest BCUT2D eigenvalue weighted by molar-refractivity contribution is 0.504. The van der Waals surface area contributed by atoms with Gasteiger partial charge in [0.25, 0.3) is 0 Å². The van der Waals surface area contributed by atoms with Crippen molar-refractivity contribution in [2.24, 2.45) is 5.73 Å². The molecule has 1 fully saturated rings. The molecule has 1 saturated heterocycles. The first kappa shape index (κ1) is 13.3.